The molecule has 1 N–H and O–H groups in total. The highest BCUT2D eigenvalue weighted by atomic mass is 16.6. The molecule has 1 atom stereocenters. The molecule has 1 aromatic rings. The zero-order valence-electron chi connectivity index (χ0n) is 10.1. The Bertz CT molecular complexity index is 400. The van der Waals surface area contributed by atoms with Crippen molar-refractivity contribution in [1.82, 2.24) is 0 Å². The van der Waals surface area contributed by atoms with E-state index >= 15 is 0 Å². The highest BCUT2D eigenvalue weighted by molar-refractivity contribution is 5.94. The Balaban J connectivity index is 2.88. The van der Waals surface area contributed by atoms with Gasteiger partial charge in [-0.2, -0.15) is 0 Å². The van der Waals surface area contributed by atoms with Gasteiger partial charge in [0.15, 0.2) is 0 Å². The van der Waals surface area contributed by atoms with E-state index in [2.05, 4.69) is 0 Å². The Hall–Kier alpha value is -1.84. The summed E-state index contributed by atoms with van der Waals surface area (Å²) < 4.78 is 5.14. The van der Waals surface area contributed by atoms with Gasteiger partial charge in [0.1, 0.15) is 23.6 Å². The lowest BCUT2D eigenvalue weighted by molar-refractivity contribution is -0.157. The van der Waals surface area contributed by atoms with E-state index in [1.165, 1.54) is 24.3 Å². The molecule has 0 heterocycles. The lowest BCUT2D eigenvalue weighted by atomic mass is 10.0. The van der Waals surface area contributed by atoms with Crippen molar-refractivity contribution in [2.75, 3.05) is 0 Å². The summed E-state index contributed by atoms with van der Waals surface area (Å²) in [5.41, 5.74) is -0.123. The molecule has 0 fully saturated rings. The number of ether oxygens (including phenoxy) is 1. The van der Waals surface area contributed by atoms with Crippen molar-refractivity contribution in [1.29, 1.82) is 0 Å². The van der Waals surface area contributed by atoms with Gasteiger partial charge < -0.3 is 14.6 Å². The second kappa shape index (κ2) is 4.99. The Morgan fingerprint density at radius 1 is 1.29 bits per heavy atom. The first kappa shape index (κ1) is 13.2. The maximum absolute atomic E-state index is 11.8. The maximum atomic E-state index is 11.8. The van der Waals surface area contributed by atoms with Gasteiger partial charge in [-0.3, -0.25) is 4.79 Å². The van der Waals surface area contributed by atoms with Crippen molar-refractivity contribution in [2.45, 2.75) is 32.3 Å². The quantitative estimate of drug-likeness (QED) is 0.495. The summed E-state index contributed by atoms with van der Waals surface area (Å²) in [6.07, 6.45) is 0.542. The van der Waals surface area contributed by atoms with Crippen molar-refractivity contribution < 1.29 is 19.4 Å². The number of hydrogen-bond acceptors (Lipinski definition) is 4. The SMILES string of the molecule is CC(C)(C)OC(=O)C(C=O)c1ccc(O)cc1. The number of aromatic hydroxyl groups is 1. The van der Waals surface area contributed by atoms with Gasteiger partial charge in [-0.05, 0) is 38.5 Å². The van der Waals surface area contributed by atoms with Gasteiger partial charge in [0.25, 0.3) is 0 Å². The number of carbonyl (C=O) groups excluding carboxylic acids is 2. The molecule has 0 aliphatic carbocycles. The lowest BCUT2D eigenvalue weighted by Gasteiger charge is -2.21. The third kappa shape index (κ3) is 3.90. The van der Waals surface area contributed by atoms with E-state index in [0.29, 0.717) is 11.8 Å². The average molecular weight is 236 g/mol. The van der Waals surface area contributed by atoms with Crippen molar-refractivity contribution in [3.8, 4) is 5.75 Å². The topological polar surface area (TPSA) is 63.6 Å². The monoisotopic (exact) mass is 236 g/mol. The zero-order chi connectivity index (χ0) is 13.1. The van der Waals surface area contributed by atoms with Crippen LogP contribution < -0.4 is 0 Å². The zero-order valence-corrected chi connectivity index (χ0v) is 10.1. The summed E-state index contributed by atoms with van der Waals surface area (Å²) in [7, 11) is 0. The van der Waals surface area contributed by atoms with E-state index in [0.717, 1.165) is 0 Å². The minimum absolute atomic E-state index is 0.0857. The van der Waals surface area contributed by atoms with Gasteiger partial charge in [0, 0.05) is 0 Å². The largest absolute Gasteiger partial charge is 0.508 e. The van der Waals surface area contributed by atoms with E-state index in [1.54, 1.807) is 20.8 Å². The van der Waals surface area contributed by atoms with Crippen LogP contribution >= 0.6 is 0 Å². The maximum Gasteiger partial charge on any atom is 0.321 e. The van der Waals surface area contributed by atoms with Crippen LogP contribution in [0.25, 0.3) is 0 Å². The van der Waals surface area contributed by atoms with Crippen molar-refractivity contribution >= 4 is 12.3 Å². The Morgan fingerprint density at radius 2 is 1.82 bits per heavy atom. The highest BCUT2D eigenvalue weighted by Gasteiger charge is 2.26. The number of aldehydes is 1. The minimum Gasteiger partial charge on any atom is -0.508 e. The van der Waals surface area contributed by atoms with Gasteiger partial charge in [0.2, 0.25) is 0 Å². The predicted octanol–water partition coefficient (Wildman–Crippen LogP) is 2.02. The van der Waals surface area contributed by atoms with Crippen LogP contribution in [0.2, 0.25) is 0 Å². The second-order valence-corrected chi connectivity index (χ2v) is 4.74. The van der Waals surface area contributed by atoms with E-state index in [9.17, 15) is 9.59 Å². The van der Waals surface area contributed by atoms with Crippen LogP contribution in [-0.2, 0) is 14.3 Å². The van der Waals surface area contributed by atoms with Crippen molar-refractivity contribution in [3.05, 3.63) is 29.8 Å². The lowest BCUT2D eigenvalue weighted by Crippen LogP contribution is -2.28. The molecule has 0 saturated heterocycles. The van der Waals surface area contributed by atoms with Crippen LogP contribution in [0.5, 0.6) is 5.75 Å². The molecule has 4 heteroatoms. The molecule has 0 spiro atoms. The number of phenols is 1. The van der Waals surface area contributed by atoms with Crippen LogP contribution in [0.1, 0.15) is 32.3 Å². The smallest absolute Gasteiger partial charge is 0.321 e. The Kier molecular flexibility index (Phi) is 3.89. The van der Waals surface area contributed by atoms with Gasteiger partial charge >= 0.3 is 5.97 Å². The fourth-order valence-corrected chi connectivity index (χ4v) is 1.32. The number of phenolic OH excluding ortho intramolecular Hbond substituents is 1. The van der Waals surface area contributed by atoms with Crippen LogP contribution in [-0.4, -0.2) is 23.0 Å². The first-order chi connectivity index (χ1) is 7.83. The predicted molar refractivity (Wildman–Crippen MR) is 62.8 cm³/mol. The molecule has 0 amide bonds. The number of esters is 1. The number of rotatable bonds is 3. The van der Waals surface area contributed by atoms with E-state index in [-0.39, 0.29) is 5.75 Å². The molecule has 4 nitrogen and oxygen atoms in total. The first-order valence-corrected chi connectivity index (χ1v) is 5.30. The first-order valence-electron chi connectivity index (χ1n) is 5.30. The summed E-state index contributed by atoms with van der Waals surface area (Å²) in [5.74, 6) is -1.45. The normalized spacial score (nSPS) is 12.9. The summed E-state index contributed by atoms with van der Waals surface area (Å²) in [4.78, 5) is 22.7. The molecule has 0 bridgehead atoms. The molecule has 0 saturated carbocycles. The molecule has 92 valence electrons. The molecular formula is C13H16O4. The fourth-order valence-electron chi connectivity index (χ4n) is 1.32. The minimum atomic E-state index is -0.949. The summed E-state index contributed by atoms with van der Waals surface area (Å²) in [6.45, 7) is 5.22. The number of hydrogen-bond donors (Lipinski definition) is 1. The van der Waals surface area contributed by atoms with Gasteiger partial charge in [0.05, 0.1) is 0 Å². The second-order valence-electron chi connectivity index (χ2n) is 4.74. The highest BCUT2D eigenvalue weighted by Crippen LogP contribution is 2.21. The van der Waals surface area contributed by atoms with Crippen LogP contribution in [0, 0.1) is 0 Å². The molecule has 1 rings (SSSR count). The van der Waals surface area contributed by atoms with Crippen molar-refractivity contribution in [2.24, 2.45) is 0 Å². The van der Waals surface area contributed by atoms with Crippen molar-refractivity contribution in [3.63, 3.8) is 0 Å². The van der Waals surface area contributed by atoms with Crippen LogP contribution in [0.15, 0.2) is 24.3 Å². The Labute approximate surface area is 100 Å². The molecule has 0 aromatic heterocycles. The van der Waals surface area contributed by atoms with E-state index in [4.69, 9.17) is 9.84 Å². The molecule has 0 radical (unpaired) electrons. The molecule has 1 unspecified atom stereocenters. The van der Waals surface area contributed by atoms with E-state index in [1.807, 2.05) is 0 Å². The fraction of sp³-hybridized carbons (Fsp3) is 0.385. The van der Waals surface area contributed by atoms with Crippen LogP contribution in [0.3, 0.4) is 0 Å². The van der Waals surface area contributed by atoms with Gasteiger partial charge in [-0.15, -0.1) is 0 Å². The van der Waals surface area contributed by atoms with Crippen LogP contribution in [0.4, 0.5) is 0 Å². The average Bonchev–Trinajstić information content (AvgIpc) is 2.19. The molecule has 0 aliphatic heterocycles. The van der Waals surface area contributed by atoms with E-state index < -0.39 is 17.5 Å². The van der Waals surface area contributed by atoms with Gasteiger partial charge in [-0.1, -0.05) is 12.1 Å². The summed E-state index contributed by atoms with van der Waals surface area (Å²) in [6, 6.07) is 5.91. The molecule has 0 aliphatic rings. The third-order valence-electron chi connectivity index (χ3n) is 2.05. The molecular weight excluding hydrogens is 220 g/mol. The number of carbonyl (C=O) groups is 2. The Morgan fingerprint density at radius 3 is 2.24 bits per heavy atom. The molecule has 17 heavy (non-hydrogen) atoms. The summed E-state index contributed by atoms with van der Waals surface area (Å²) >= 11 is 0. The number of benzene rings is 1. The standard InChI is InChI=1S/C13H16O4/c1-13(2,3)17-12(16)11(8-14)9-4-6-10(15)7-5-9/h4-8,11,15H,1-3H3. The summed E-state index contributed by atoms with van der Waals surface area (Å²) in [5, 5.41) is 9.13. The van der Waals surface area contributed by atoms with Gasteiger partial charge in [-0.25, -0.2) is 0 Å². The third-order valence-corrected chi connectivity index (χ3v) is 2.05. The molecule has 1 aromatic carbocycles.